The van der Waals surface area contributed by atoms with E-state index in [0.29, 0.717) is 18.7 Å². The van der Waals surface area contributed by atoms with E-state index in [1.54, 1.807) is 0 Å². The van der Waals surface area contributed by atoms with Gasteiger partial charge in [-0.2, -0.15) is 0 Å². The van der Waals surface area contributed by atoms with Gasteiger partial charge < -0.3 is 15.0 Å². The largest absolute Gasteiger partial charge is 0.484 e. The number of likely N-dealkylation sites (tertiary alicyclic amines) is 1. The number of nitrogens with zero attached hydrogens (tertiary/aromatic N) is 1. The normalized spacial score (nSPS) is 15.2. The van der Waals surface area contributed by atoms with Gasteiger partial charge in [-0.3, -0.25) is 9.59 Å². The molecule has 0 atom stereocenters. The van der Waals surface area contributed by atoms with Gasteiger partial charge in [-0.05, 0) is 66.1 Å². The Morgan fingerprint density at radius 2 is 2.00 bits per heavy atom. The number of halogens is 1. The zero-order valence-electron chi connectivity index (χ0n) is 13.2. The highest BCUT2D eigenvalue weighted by Crippen LogP contribution is 2.13. The highest BCUT2D eigenvalue weighted by Gasteiger charge is 2.15. The average Bonchev–Trinajstić information content (AvgIpc) is 2.75. The molecule has 1 aliphatic rings. The van der Waals surface area contributed by atoms with E-state index in [1.165, 1.54) is 0 Å². The zero-order valence-corrected chi connectivity index (χ0v) is 15.4. The van der Waals surface area contributed by atoms with E-state index >= 15 is 0 Å². The molecule has 0 spiro atoms. The summed E-state index contributed by atoms with van der Waals surface area (Å²) < 4.78 is 6.55. The van der Waals surface area contributed by atoms with Crippen LogP contribution in [-0.4, -0.2) is 43.0 Å². The van der Waals surface area contributed by atoms with Crippen LogP contribution in [0.4, 0.5) is 0 Å². The summed E-state index contributed by atoms with van der Waals surface area (Å²) in [6.07, 6.45) is 4.66. The number of rotatable bonds is 7. The molecule has 0 radical (unpaired) electrons. The molecule has 1 saturated heterocycles. The highest BCUT2D eigenvalue weighted by molar-refractivity contribution is 14.1. The van der Waals surface area contributed by atoms with Gasteiger partial charge in [-0.25, -0.2) is 0 Å². The van der Waals surface area contributed by atoms with Crippen LogP contribution in [0.3, 0.4) is 0 Å². The predicted molar refractivity (Wildman–Crippen MR) is 97.3 cm³/mol. The summed E-state index contributed by atoms with van der Waals surface area (Å²) in [6, 6.07) is 7.57. The first-order valence-electron chi connectivity index (χ1n) is 8.08. The summed E-state index contributed by atoms with van der Waals surface area (Å²) in [5, 5.41) is 2.83. The monoisotopic (exact) mass is 430 g/mol. The molecule has 126 valence electrons. The molecule has 0 aromatic heterocycles. The summed E-state index contributed by atoms with van der Waals surface area (Å²) in [4.78, 5) is 25.5. The molecular formula is C17H23IN2O3. The number of hydrogen-bond acceptors (Lipinski definition) is 3. The fraction of sp³-hybridized carbons (Fsp3) is 0.529. The van der Waals surface area contributed by atoms with Gasteiger partial charge in [0.25, 0.3) is 5.91 Å². The van der Waals surface area contributed by atoms with Crippen LogP contribution < -0.4 is 10.1 Å². The van der Waals surface area contributed by atoms with Crippen LogP contribution in [0.25, 0.3) is 0 Å². The van der Waals surface area contributed by atoms with Crippen LogP contribution in [0.2, 0.25) is 0 Å². The molecule has 0 bridgehead atoms. The second kappa shape index (κ2) is 9.75. The number of carbonyl (C=O) groups excluding carboxylic acids is 2. The maximum Gasteiger partial charge on any atom is 0.257 e. The maximum atomic E-state index is 11.8. The Morgan fingerprint density at radius 3 is 2.78 bits per heavy atom. The van der Waals surface area contributed by atoms with Gasteiger partial charge in [0.2, 0.25) is 5.91 Å². The first-order valence-corrected chi connectivity index (χ1v) is 9.16. The molecule has 0 aliphatic carbocycles. The van der Waals surface area contributed by atoms with E-state index in [1.807, 2.05) is 29.2 Å². The van der Waals surface area contributed by atoms with Crippen molar-refractivity contribution in [2.24, 2.45) is 0 Å². The lowest BCUT2D eigenvalue weighted by atomic mass is 10.2. The third kappa shape index (κ3) is 6.76. The third-order valence-electron chi connectivity index (χ3n) is 3.78. The van der Waals surface area contributed by atoms with Crippen molar-refractivity contribution in [2.75, 3.05) is 26.2 Å². The molecule has 1 fully saturated rings. The van der Waals surface area contributed by atoms with Crippen LogP contribution in [0.1, 0.15) is 32.1 Å². The van der Waals surface area contributed by atoms with E-state index in [0.717, 1.165) is 42.3 Å². The van der Waals surface area contributed by atoms with Crippen LogP contribution in [0.5, 0.6) is 5.75 Å². The molecule has 2 rings (SSSR count). The lowest BCUT2D eigenvalue weighted by Gasteiger charge is -2.20. The fourth-order valence-electron chi connectivity index (χ4n) is 2.50. The van der Waals surface area contributed by atoms with Gasteiger partial charge in [0, 0.05) is 29.6 Å². The van der Waals surface area contributed by atoms with Gasteiger partial charge in [-0.15, -0.1) is 0 Å². The van der Waals surface area contributed by atoms with Crippen molar-refractivity contribution in [3.05, 3.63) is 27.8 Å². The Hall–Kier alpha value is -1.31. The summed E-state index contributed by atoms with van der Waals surface area (Å²) >= 11 is 2.22. The van der Waals surface area contributed by atoms with Crippen LogP contribution in [0.15, 0.2) is 24.3 Å². The predicted octanol–water partition coefficient (Wildman–Crippen LogP) is 2.58. The molecule has 1 heterocycles. The molecule has 2 amide bonds. The molecule has 1 aromatic rings. The molecular weight excluding hydrogens is 407 g/mol. The molecule has 5 nitrogen and oxygen atoms in total. The third-order valence-corrected chi connectivity index (χ3v) is 4.50. The Bertz CT molecular complexity index is 519. The van der Waals surface area contributed by atoms with E-state index in [2.05, 4.69) is 27.9 Å². The van der Waals surface area contributed by atoms with Gasteiger partial charge in [-0.1, -0.05) is 6.42 Å². The van der Waals surface area contributed by atoms with Gasteiger partial charge in [0.15, 0.2) is 6.61 Å². The van der Waals surface area contributed by atoms with Crippen LogP contribution in [-0.2, 0) is 9.59 Å². The van der Waals surface area contributed by atoms with Crippen molar-refractivity contribution in [3.8, 4) is 5.75 Å². The fourth-order valence-corrected chi connectivity index (χ4v) is 2.86. The van der Waals surface area contributed by atoms with Crippen molar-refractivity contribution in [1.29, 1.82) is 0 Å². The first-order chi connectivity index (χ1) is 11.1. The Morgan fingerprint density at radius 1 is 1.22 bits per heavy atom. The molecule has 1 aliphatic heterocycles. The number of hydrogen-bond donors (Lipinski definition) is 1. The lowest BCUT2D eigenvalue weighted by Crippen LogP contribution is -2.35. The minimum absolute atomic E-state index is 0.0171. The van der Waals surface area contributed by atoms with E-state index < -0.39 is 0 Å². The number of benzene rings is 1. The summed E-state index contributed by atoms with van der Waals surface area (Å²) in [5.41, 5.74) is 0. The van der Waals surface area contributed by atoms with Crippen LogP contribution in [0, 0.1) is 3.57 Å². The molecule has 1 N–H and O–H groups in total. The Labute approximate surface area is 150 Å². The second-order valence-corrected chi connectivity index (χ2v) is 6.88. The quantitative estimate of drug-likeness (QED) is 0.535. The standard InChI is InChI=1S/C17H23IN2O3/c18-14-6-8-15(9-7-14)23-13-16(21)19-10-4-12-20-11-3-1-2-5-17(20)22/h6-9H,1-5,10-13H2,(H,19,21). The maximum absolute atomic E-state index is 11.8. The average molecular weight is 430 g/mol. The summed E-state index contributed by atoms with van der Waals surface area (Å²) in [5.74, 6) is 0.803. The molecule has 0 saturated carbocycles. The van der Waals surface area contributed by atoms with Crippen molar-refractivity contribution >= 4 is 34.4 Å². The SMILES string of the molecule is O=C(COc1ccc(I)cc1)NCCCN1CCCCCC1=O. The molecule has 6 heteroatoms. The van der Waals surface area contributed by atoms with Crippen molar-refractivity contribution in [1.82, 2.24) is 10.2 Å². The summed E-state index contributed by atoms with van der Waals surface area (Å²) in [7, 11) is 0. The van der Waals surface area contributed by atoms with E-state index in [4.69, 9.17) is 4.74 Å². The number of nitrogens with one attached hydrogen (secondary N) is 1. The topological polar surface area (TPSA) is 58.6 Å². The molecule has 0 unspecified atom stereocenters. The lowest BCUT2D eigenvalue weighted by molar-refractivity contribution is -0.130. The van der Waals surface area contributed by atoms with Crippen LogP contribution >= 0.6 is 22.6 Å². The number of ether oxygens (including phenoxy) is 1. The molecule has 1 aromatic carbocycles. The minimum Gasteiger partial charge on any atom is -0.484 e. The minimum atomic E-state index is -0.134. The number of amides is 2. The van der Waals surface area contributed by atoms with E-state index in [9.17, 15) is 9.59 Å². The van der Waals surface area contributed by atoms with Crippen molar-refractivity contribution in [3.63, 3.8) is 0 Å². The van der Waals surface area contributed by atoms with Crippen molar-refractivity contribution in [2.45, 2.75) is 32.1 Å². The molecule has 23 heavy (non-hydrogen) atoms. The van der Waals surface area contributed by atoms with Gasteiger partial charge in [0.05, 0.1) is 0 Å². The Balaban J connectivity index is 1.59. The number of carbonyl (C=O) groups is 2. The smallest absolute Gasteiger partial charge is 0.257 e. The second-order valence-electron chi connectivity index (χ2n) is 5.64. The van der Waals surface area contributed by atoms with Crippen molar-refractivity contribution < 1.29 is 14.3 Å². The first kappa shape index (κ1) is 18.0. The Kier molecular flexibility index (Phi) is 7.64. The van der Waals surface area contributed by atoms with Gasteiger partial charge in [0.1, 0.15) is 5.75 Å². The van der Waals surface area contributed by atoms with E-state index in [-0.39, 0.29) is 18.4 Å². The van der Waals surface area contributed by atoms with Gasteiger partial charge >= 0.3 is 0 Å². The summed E-state index contributed by atoms with van der Waals surface area (Å²) in [6.45, 7) is 2.15. The zero-order chi connectivity index (χ0) is 16.5. The highest BCUT2D eigenvalue weighted by atomic mass is 127.